The number of aliphatic carboxylic acids is 1. The predicted octanol–water partition coefficient (Wildman–Crippen LogP) is 2.41. The van der Waals surface area contributed by atoms with Gasteiger partial charge in [0, 0.05) is 12.1 Å². The molecule has 0 spiro atoms. The Labute approximate surface area is 159 Å². The molecule has 7 nitrogen and oxygen atoms in total. The third-order valence-corrected chi connectivity index (χ3v) is 3.46. The number of hydrogen-bond acceptors (Lipinski definition) is 4. The topological polar surface area (TPSA) is 99.7 Å². The first-order valence-corrected chi connectivity index (χ1v) is 8.84. The average Bonchev–Trinajstić information content (AvgIpc) is 2.54. The highest BCUT2D eigenvalue weighted by atomic mass is 32.1. The van der Waals surface area contributed by atoms with E-state index in [1.54, 1.807) is 0 Å². The molecule has 144 valence electrons. The molecule has 26 heavy (non-hydrogen) atoms. The molecule has 0 heterocycles. The fourth-order valence-electron chi connectivity index (χ4n) is 2.06. The first-order valence-electron chi connectivity index (χ1n) is 8.43. The monoisotopic (exact) mass is 381 g/mol. The van der Waals surface area contributed by atoms with Crippen molar-refractivity contribution in [3.05, 3.63) is 35.9 Å². The van der Waals surface area contributed by atoms with E-state index in [1.165, 1.54) is 0 Å². The molecule has 1 rings (SSSR count). The van der Waals surface area contributed by atoms with Gasteiger partial charge >= 0.3 is 12.1 Å². The van der Waals surface area contributed by atoms with Gasteiger partial charge in [-0.1, -0.05) is 30.3 Å². The highest BCUT2D eigenvalue weighted by molar-refractivity contribution is 7.80. The van der Waals surface area contributed by atoms with E-state index < -0.39 is 18.1 Å². The Bertz CT molecular complexity index is 602. The molecule has 8 heteroatoms. The number of alkyl carbamates (subject to hydrolysis) is 1. The second-order valence-electron chi connectivity index (χ2n) is 6.87. The van der Waals surface area contributed by atoms with Gasteiger partial charge in [0.2, 0.25) is 0 Å². The van der Waals surface area contributed by atoms with E-state index in [1.807, 2.05) is 51.1 Å². The van der Waals surface area contributed by atoms with E-state index in [4.69, 9.17) is 17.0 Å². The minimum absolute atomic E-state index is 0.193. The lowest BCUT2D eigenvalue weighted by atomic mass is 10.1. The van der Waals surface area contributed by atoms with Crippen LogP contribution in [-0.2, 0) is 16.1 Å². The number of benzene rings is 1. The summed E-state index contributed by atoms with van der Waals surface area (Å²) in [5.41, 5.74) is 0.648. The Balaban J connectivity index is 2.26. The fraction of sp³-hybridized carbons (Fsp3) is 0.500. The predicted molar refractivity (Wildman–Crippen MR) is 104 cm³/mol. The Kier molecular flexibility index (Phi) is 8.84. The normalized spacial score (nSPS) is 12.0. The molecule has 1 aromatic carbocycles. The molecule has 4 N–H and O–H groups in total. The summed E-state index contributed by atoms with van der Waals surface area (Å²) in [7, 11) is 0. The van der Waals surface area contributed by atoms with E-state index in [9.17, 15) is 14.7 Å². The Morgan fingerprint density at radius 3 is 2.46 bits per heavy atom. The smallest absolute Gasteiger partial charge is 0.407 e. The van der Waals surface area contributed by atoms with Crippen LogP contribution >= 0.6 is 12.2 Å². The van der Waals surface area contributed by atoms with E-state index >= 15 is 0 Å². The maximum atomic E-state index is 11.6. The number of hydrogen-bond donors (Lipinski definition) is 4. The van der Waals surface area contributed by atoms with Crippen LogP contribution in [-0.4, -0.2) is 40.4 Å². The molecule has 1 atom stereocenters. The number of carboxylic acid groups (broad SMARTS) is 1. The van der Waals surface area contributed by atoms with Gasteiger partial charge in [0.15, 0.2) is 5.11 Å². The maximum absolute atomic E-state index is 11.6. The number of thiocarbonyl (C=S) groups is 1. The molecule has 1 aromatic rings. The van der Waals surface area contributed by atoms with Crippen LogP contribution in [0.1, 0.15) is 39.2 Å². The van der Waals surface area contributed by atoms with E-state index in [0.717, 1.165) is 5.56 Å². The van der Waals surface area contributed by atoms with Crippen molar-refractivity contribution in [3.8, 4) is 0 Å². The molecule has 0 unspecified atom stereocenters. The summed E-state index contributed by atoms with van der Waals surface area (Å²) < 4.78 is 5.09. The molecule has 0 saturated heterocycles. The van der Waals surface area contributed by atoms with Crippen molar-refractivity contribution in [2.24, 2.45) is 0 Å². The molecule has 0 aliphatic heterocycles. The van der Waals surface area contributed by atoms with Crippen LogP contribution in [0.2, 0.25) is 0 Å². The zero-order valence-electron chi connectivity index (χ0n) is 15.4. The standard InChI is InChI=1S/C18H27N3O4S/c1-18(2,3)21-16(26)20-14(15(22)23)10-7-11-19-17(24)25-12-13-8-5-4-6-9-13/h4-6,8-9,14H,7,10-12H2,1-3H3,(H,19,24)(H,22,23)(H2,20,21,26)/t14-/m1/s1. The highest BCUT2D eigenvalue weighted by Gasteiger charge is 2.20. The van der Waals surface area contributed by atoms with Gasteiger partial charge in [-0.2, -0.15) is 0 Å². The summed E-state index contributed by atoms with van der Waals surface area (Å²) in [5, 5.41) is 18.0. The number of carbonyl (C=O) groups is 2. The highest BCUT2D eigenvalue weighted by Crippen LogP contribution is 2.02. The lowest BCUT2D eigenvalue weighted by Gasteiger charge is -2.25. The molecule has 0 aromatic heterocycles. The van der Waals surface area contributed by atoms with Gasteiger partial charge in [0.05, 0.1) is 0 Å². The summed E-state index contributed by atoms with van der Waals surface area (Å²) in [5.74, 6) is -0.991. The molecule has 1 amide bonds. The van der Waals surface area contributed by atoms with Crippen LogP contribution in [0, 0.1) is 0 Å². The Hall–Kier alpha value is -2.35. The van der Waals surface area contributed by atoms with Gasteiger partial charge in [0.25, 0.3) is 0 Å². The largest absolute Gasteiger partial charge is 0.480 e. The van der Waals surface area contributed by atoms with E-state index in [-0.39, 0.29) is 12.1 Å². The number of ether oxygens (including phenoxy) is 1. The second-order valence-corrected chi connectivity index (χ2v) is 7.28. The van der Waals surface area contributed by atoms with Crippen LogP contribution in [0.3, 0.4) is 0 Å². The Morgan fingerprint density at radius 2 is 1.88 bits per heavy atom. The second kappa shape index (κ2) is 10.6. The van der Waals surface area contributed by atoms with Gasteiger partial charge in [-0.15, -0.1) is 0 Å². The molecule has 0 aliphatic rings. The quantitative estimate of drug-likeness (QED) is 0.405. The van der Waals surface area contributed by atoms with Gasteiger partial charge in [-0.05, 0) is 51.4 Å². The number of carbonyl (C=O) groups excluding carboxylic acids is 1. The molecule has 0 saturated carbocycles. The van der Waals surface area contributed by atoms with Crippen LogP contribution in [0.25, 0.3) is 0 Å². The zero-order chi connectivity index (χ0) is 19.6. The fourth-order valence-corrected chi connectivity index (χ4v) is 2.51. The van der Waals surface area contributed by atoms with Crippen molar-refractivity contribution in [3.63, 3.8) is 0 Å². The van der Waals surface area contributed by atoms with Crippen molar-refractivity contribution >= 4 is 29.4 Å². The average molecular weight is 381 g/mol. The third kappa shape index (κ3) is 9.83. The zero-order valence-corrected chi connectivity index (χ0v) is 16.2. The van der Waals surface area contributed by atoms with Crippen molar-refractivity contribution < 1.29 is 19.4 Å². The molecule has 0 radical (unpaired) electrons. The third-order valence-electron chi connectivity index (χ3n) is 3.24. The van der Waals surface area contributed by atoms with Crippen molar-refractivity contribution in [1.82, 2.24) is 16.0 Å². The first-order chi connectivity index (χ1) is 12.2. The van der Waals surface area contributed by atoms with E-state index in [0.29, 0.717) is 24.5 Å². The molecule has 0 aliphatic carbocycles. The number of carboxylic acids is 1. The van der Waals surface area contributed by atoms with Crippen molar-refractivity contribution in [1.29, 1.82) is 0 Å². The van der Waals surface area contributed by atoms with Gasteiger partial charge in [-0.3, -0.25) is 0 Å². The van der Waals surface area contributed by atoms with Crippen LogP contribution in [0.4, 0.5) is 4.79 Å². The molecule has 0 bridgehead atoms. The maximum Gasteiger partial charge on any atom is 0.407 e. The lowest BCUT2D eigenvalue weighted by molar-refractivity contribution is -0.139. The van der Waals surface area contributed by atoms with Crippen molar-refractivity contribution in [2.45, 2.75) is 51.8 Å². The Morgan fingerprint density at radius 1 is 1.23 bits per heavy atom. The summed E-state index contributed by atoms with van der Waals surface area (Å²) in [6.07, 6.45) is 0.265. The molecular formula is C18H27N3O4S. The van der Waals surface area contributed by atoms with Gasteiger partial charge < -0.3 is 25.8 Å². The van der Waals surface area contributed by atoms with Gasteiger partial charge in [-0.25, -0.2) is 9.59 Å². The summed E-state index contributed by atoms with van der Waals surface area (Å²) in [6, 6.07) is 8.54. The lowest BCUT2D eigenvalue weighted by Crippen LogP contribution is -2.51. The molecular weight excluding hydrogens is 354 g/mol. The van der Waals surface area contributed by atoms with Crippen LogP contribution in [0.15, 0.2) is 30.3 Å². The minimum atomic E-state index is -0.991. The number of rotatable bonds is 8. The van der Waals surface area contributed by atoms with Crippen LogP contribution in [0.5, 0.6) is 0 Å². The summed E-state index contributed by atoms with van der Waals surface area (Å²) in [4.78, 5) is 23.0. The van der Waals surface area contributed by atoms with Crippen molar-refractivity contribution in [2.75, 3.05) is 6.54 Å². The summed E-state index contributed by atoms with van der Waals surface area (Å²) >= 11 is 5.12. The first kappa shape index (κ1) is 21.7. The van der Waals surface area contributed by atoms with Gasteiger partial charge in [0.1, 0.15) is 12.6 Å². The SMILES string of the molecule is CC(C)(C)NC(=S)N[C@H](CCCNC(=O)OCc1ccccc1)C(=O)O. The molecule has 0 fully saturated rings. The number of nitrogens with one attached hydrogen (secondary N) is 3. The minimum Gasteiger partial charge on any atom is -0.480 e. The van der Waals surface area contributed by atoms with E-state index in [2.05, 4.69) is 16.0 Å². The number of amides is 1. The summed E-state index contributed by atoms with van der Waals surface area (Å²) in [6.45, 7) is 6.31. The van der Waals surface area contributed by atoms with Crippen LogP contribution < -0.4 is 16.0 Å².